The number of nitrogens with one attached hydrogen (secondary N) is 2. The summed E-state index contributed by atoms with van der Waals surface area (Å²) < 4.78 is 44.6. The third-order valence-corrected chi connectivity index (χ3v) is 6.16. The SMILES string of the molecule is CCC(C)C(NC(=O)C(CC(F)(F)F)NC(=O)OCC1c2ccccc2-c2ccccc21)C(=O)O. The van der Waals surface area contributed by atoms with Crippen molar-refractivity contribution < 1.29 is 37.4 Å². The topological polar surface area (TPSA) is 105 Å². The van der Waals surface area contributed by atoms with E-state index < -0.39 is 48.6 Å². The fourth-order valence-corrected chi connectivity index (χ4v) is 4.16. The summed E-state index contributed by atoms with van der Waals surface area (Å²) in [6.45, 7) is 3.09. The Labute approximate surface area is 200 Å². The third kappa shape index (κ3) is 6.32. The molecule has 2 aromatic carbocycles. The number of rotatable bonds is 9. The maximum Gasteiger partial charge on any atom is 0.407 e. The van der Waals surface area contributed by atoms with E-state index in [1.807, 2.05) is 53.8 Å². The summed E-state index contributed by atoms with van der Waals surface area (Å²) in [4.78, 5) is 36.4. The highest BCUT2D eigenvalue weighted by atomic mass is 19.4. The number of alkyl halides is 3. The number of aliphatic carboxylic acids is 1. The number of fused-ring (bicyclic) bond motifs is 3. The van der Waals surface area contributed by atoms with E-state index in [1.54, 1.807) is 13.8 Å². The molecule has 2 amide bonds. The Hall–Kier alpha value is -3.56. The highest BCUT2D eigenvalue weighted by Gasteiger charge is 2.39. The molecule has 0 saturated heterocycles. The molecule has 10 heteroatoms. The first-order valence-electron chi connectivity index (χ1n) is 11.2. The molecule has 35 heavy (non-hydrogen) atoms. The zero-order valence-corrected chi connectivity index (χ0v) is 19.3. The number of ether oxygens (including phenoxy) is 1. The van der Waals surface area contributed by atoms with Gasteiger partial charge in [0.05, 0.1) is 6.42 Å². The predicted octanol–water partition coefficient (Wildman–Crippen LogP) is 4.46. The first-order chi connectivity index (χ1) is 16.5. The van der Waals surface area contributed by atoms with Crippen LogP contribution in [0.15, 0.2) is 48.5 Å². The predicted molar refractivity (Wildman–Crippen MR) is 122 cm³/mol. The van der Waals surface area contributed by atoms with E-state index in [4.69, 9.17) is 4.74 Å². The second kappa shape index (κ2) is 10.8. The van der Waals surface area contributed by atoms with Gasteiger partial charge in [0.2, 0.25) is 5.91 Å². The monoisotopic (exact) mass is 492 g/mol. The van der Waals surface area contributed by atoms with Crippen LogP contribution in [0.3, 0.4) is 0 Å². The van der Waals surface area contributed by atoms with Gasteiger partial charge in [-0.2, -0.15) is 13.2 Å². The van der Waals surface area contributed by atoms with Gasteiger partial charge < -0.3 is 20.5 Å². The molecular formula is C25H27F3N2O5. The molecule has 3 unspecified atom stereocenters. The molecule has 0 aliphatic heterocycles. The van der Waals surface area contributed by atoms with Crippen LogP contribution >= 0.6 is 0 Å². The Kier molecular flexibility index (Phi) is 8.03. The van der Waals surface area contributed by atoms with E-state index in [-0.39, 0.29) is 12.5 Å². The van der Waals surface area contributed by atoms with Gasteiger partial charge in [0.25, 0.3) is 0 Å². The van der Waals surface area contributed by atoms with Crippen molar-refractivity contribution in [3.63, 3.8) is 0 Å². The van der Waals surface area contributed by atoms with E-state index in [0.717, 1.165) is 22.3 Å². The minimum Gasteiger partial charge on any atom is -0.480 e. The van der Waals surface area contributed by atoms with Gasteiger partial charge in [-0.15, -0.1) is 0 Å². The zero-order valence-electron chi connectivity index (χ0n) is 19.3. The van der Waals surface area contributed by atoms with E-state index in [9.17, 15) is 32.7 Å². The molecule has 0 saturated carbocycles. The third-order valence-electron chi connectivity index (χ3n) is 6.16. The van der Waals surface area contributed by atoms with E-state index in [2.05, 4.69) is 5.32 Å². The van der Waals surface area contributed by atoms with Gasteiger partial charge in [-0.25, -0.2) is 9.59 Å². The lowest BCUT2D eigenvalue weighted by atomic mass is 9.98. The van der Waals surface area contributed by atoms with E-state index in [1.165, 1.54) is 0 Å². The number of amides is 2. The first kappa shape index (κ1) is 26.1. The largest absolute Gasteiger partial charge is 0.480 e. The maximum atomic E-state index is 13.1. The molecule has 188 valence electrons. The number of hydrogen-bond donors (Lipinski definition) is 3. The molecule has 1 aliphatic carbocycles. The van der Waals surface area contributed by atoms with Crippen molar-refractivity contribution in [2.45, 2.75) is 50.9 Å². The summed E-state index contributed by atoms with van der Waals surface area (Å²) in [7, 11) is 0. The second-order valence-electron chi connectivity index (χ2n) is 8.55. The van der Waals surface area contributed by atoms with Crippen molar-refractivity contribution >= 4 is 18.0 Å². The van der Waals surface area contributed by atoms with E-state index in [0.29, 0.717) is 6.42 Å². The number of carboxylic acids is 1. The summed E-state index contributed by atoms with van der Waals surface area (Å²) in [5.41, 5.74) is 3.81. The molecule has 7 nitrogen and oxygen atoms in total. The molecule has 0 aromatic heterocycles. The molecule has 1 aliphatic rings. The van der Waals surface area contributed by atoms with E-state index >= 15 is 0 Å². The summed E-state index contributed by atoms with van der Waals surface area (Å²) in [6.07, 6.45) is -7.28. The smallest absolute Gasteiger partial charge is 0.407 e. The Balaban J connectivity index is 1.70. The minimum atomic E-state index is -4.78. The maximum absolute atomic E-state index is 13.1. The second-order valence-corrected chi connectivity index (χ2v) is 8.55. The number of carboxylic acid groups (broad SMARTS) is 1. The number of halogens is 3. The summed E-state index contributed by atoms with van der Waals surface area (Å²) in [5.74, 6) is -3.47. The van der Waals surface area contributed by atoms with Crippen LogP contribution in [0.1, 0.15) is 43.7 Å². The zero-order chi connectivity index (χ0) is 25.8. The van der Waals surface area contributed by atoms with Crippen molar-refractivity contribution in [3.8, 4) is 11.1 Å². The van der Waals surface area contributed by atoms with Crippen LogP contribution < -0.4 is 10.6 Å². The minimum absolute atomic E-state index is 0.148. The highest BCUT2D eigenvalue weighted by molar-refractivity contribution is 5.89. The normalized spacial score (nSPS) is 15.3. The molecule has 3 N–H and O–H groups in total. The molecule has 0 radical (unpaired) electrons. The molecule has 3 atom stereocenters. The van der Waals surface area contributed by atoms with Crippen LogP contribution in [-0.2, 0) is 14.3 Å². The standard InChI is InChI=1S/C25H27F3N2O5/c1-3-14(2)21(23(32)33)30-22(31)20(12-25(26,27)28)29-24(34)35-13-19-17-10-6-4-8-15(17)16-9-5-7-11-18(16)19/h4-11,14,19-21H,3,12-13H2,1-2H3,(H,29,34)(H,30,31)(H,32,33). The van der Waals surface area contributed by atoms with Crippen LogP contribution in [0.4, 0.5) is 18.0 Å². The number of carbonyl (C=O) groups is 3. The van der Waals surface area contributed by atoms with Crippen LogP contribution in [0.25, 0.3) is 11.1 Å². The summed E-state index contributed by atoms with van der Waals surface area (Å²) >= 11 is 0. The molecule has 0 spiro atoms. The molecule has 2 aromatic rings. The Morgan fingerprint density at radius 1 is 1.00 bits per heavy atom. The Morgan fingerprint density at radius 3 is 2.03 bits per heavy atom. The van der Waals surface area contributed by atoms with Crippen molar-refractivity contribution in [2.75, 3.05) is 6.61 Å². The van der Waals surface area contributed by atoms with Gasteiger partial charge in [0.1, 0.15) is 18.7 Å². The average Bonchev–Trinajstić information content (AvgIpc) is 3.12. The van der Waals surface area contributed by atoms with Gasteiger partial charge in [-0.1, -0.05) is 68.8 Å². The van der Waals surface area contributed by atoms with Crippen molar-refractivity contribution in [3.05, 3.63) is 59.7 Å². The highest BCUT2D eigenvalue weighted by Crippen LogP contribution is 2.44. The van der Waals surface area contributed by atoms with Crippen LogP contribution in [-0.4, -0.2) is 47.9 Å². The van der Waals surface area contributed by atoms with Crippen LogP contribution in [0.2, 0.25) is 0 Å². The number of benzene rings is 2. The summed E-state index contributed by atoms with van der Waals surface area (Å²) in [6, 6.07) is 11.7. The lowest BCUT2D eigenvalue weighted by molar-refractivity contribution is -0.151. The van der Waals surface area contributed by atoms with Gasteiger partial charge in [0, 0.05) is 5.92 Å². The quantitative estimate of drug-likeness (QED) is 0.479. The molecule has 0 heterocycles. The Bertz CT molecular complexity index is 1040. The Morgan fingerprint density at radius 2 is 1.54 bits per heavy atom. The first-order valence-corrected chi connectivity index (χ1v) is 11.2. The number of alkyl carbamates (subject to hydrolysis) is 1. The fourth-order valence-electron chi connectivity index (χ4n) is 4.16. The molecule has 0 bridgehead atoms. The number of hydrogen-bond acceptors (Lipinski definition) is 4. The molecular weight excluding hydrogens is 465 g/mol. The van der Waals surface area contributed by atoms with Crippen molar-refractivity contribution in [1.82, 2.24) is 10.6 Å². The van der Waals surface area contributed by atoms with Gasteiger partial charge in [-0.05, 0) is 28.2 Å². The summed E-state index contributed by atoms with van der Waals surface area (Å²) in [5, 5.41) is 13.4. The van der Waals surface area contributed by atoms with Gasteiger partial charge in [0.15, 0.2) is 0 Å². The van der Waals surface area contributed by atoms with Crippen LogP contribution in [0, 0.1) is 5.92 Å². The van der Waals surface area contributed by atoms with Crippen molar-refractivity contribution in [1.29, 1.82) is 0 Å². The van der Waals surface area contributed by atoms with Crippen molar-refractivity contribution in [2.24, 2.45) is 5.92 Å². The van der Waals surface area contributed by atoms with Gasteiger partial charge >= 0.3 is 18.2 Å². The number of carbonyl (C=O) groups excluding carboxylic acids is 2. The lowest BCUT2D eigenvalue weighted by Gasteiger charge is -2.25. The molecule has 0 fully saturated rings. The van der Waals surface area contributed by atoms with Gasteiger partial charge in [-0.3, -0.25) is 4.79 Å². The lowest BCUT2D eigenvalue weighted by Crippen LogP contribution is -2.54. The van der Waals surface area contributed by atoms with Crippen LogP contribution in [0.5, 0.6) is 0 Å². The molecule has 3 rings (SSSR count). The average molecular weight is 492 g/mol. The fraction of sp³-hybridized carbons (Fsp3) is 0.400.